The Hall–Kier alpha value is -2.53. The largest absolute Gasteiger partial charge is 0.494 e. The Morgan fingerprint density at radius 2 is 1.93 bits per heavy atom. The minimum absolute atomic E-state index is 0.0992. The van der Waals surface area contributed by atoms with Crippen molar-refractivity contribution >= 4 is 28.5 Å². The van der Waals surface area contributed by atoms with Gasteiger partial charge in [0.2, 0.25) is 5.91 Å². The van der Waals surface area contributed by atoms with E-state index in [9.17, 15) is 4.79 Å². The molecule has 0 bridgehead atoms. The van der Waals surface area contributed by atoms with Crippen LogP contribution in [0.1, 0.15) is 43.1 Å². The van der Waals surface area contributed by atoms with Crippen LogP contribution in [0.3, 0.4) is 0 Å². The molecule has 160 valence electrons. The number of hydrogen-bond acceptors (Lipinski definition) is 3. The highest BCUT2D eigenvalue weighted by Crippen LogP contribution is 2.26. The minimum atomic E-state index is 0.0992. The third kappa shape index (κ3) is 5.54. The fourth-order valence-electron chi connectivity index (χ4n) is 3.60. The lowest BCUT2D eigenvalue weighted by Gasteiger charge is -2.12. The zero-order chi connectivity index (χ0) is 21.5. The molecule has 0 aliphatic heterocycles. The summed E-state index contributed by atoms with van der Waals surface area (Å²) in [4.78, 5) is 16.5. The lowest BCUT2D eigenvalue weighted by molar-refractivity contribution is -0.121. The molecule has 0 saturated carbocycles. The van der Waals surface area contributed by atoms with E-state index in [4.69, 9.17) is 21.3 Å². The number of amides is 1. The van der Waals surface area contributed by atoms with Gasteiger partial charge in [0, 0.05) is 31.0 Å². The van der Waals surface area contributed by atoms with E-state index < -0.39 is 0 Å². The zero-order valence-corrected chi connectivity index (χ0v) is 18.8. The van der Waals surface area contributed by atoms with Crippen LogP contribution in [0.2, 0.25) is 5.02 Å². The van der Waals surface area contributed by atoms with Crippen molar-refractivity contribution < 1.29 is 9.53 Å². The van der Waals surface area contributed by atoms with Crippen molar-refractivity contribution in [3.05, 3.63) is 58.4 Å². The van der Waals surface area contributed by atoms with Gasteiger partial charge in [0.05, 0.1) is 17.6 Å². The number of para-hydroxylation sites is 2. The van der Waals surface area contributed by atoms with Gasteiger partial charge >= 0.3 is 0 Å². The summed E-state index contributed by atoms with van der Waals surface area (Å²) in [6.07, 6.45) is 2.99. The highest BCUT2D eigenvalue weighted by Gasteiger charge is 2.11. The number of aryl methyl sites for hydroxylation is 3. The molecule has 30 heavy (non-hydrogen) atoms. The van der Waals surface area contributed by atoms with Gasteiger partial charge in [-0.25, -0.2) is 4.98 Å². The van der Waals surface area contributed by atoms with E-state index in [1.807, 2.05) is 51.1 Å². The van der Waals surface area contributed by atoms with Gasteiger partial charge in [-0.1, -0.05) is 30.7 Å². The molecular weight excluding hydrogens is 398 g/mol. The zero-order valence-electron chi connectivity index (χ0n) is 18.0. The molecule has 1 heterocycles. The fourth-order valence-corrected chi connectivity index (χ4v) is 3.71. The summed E-state index contributed by atoms with van der Waals surface area (Å²) in [5, 5.41) is 3.77. The second-order valence-corrected chi connectivity index (χ2v) is 7.97. The predicted molar refractivity (Wildman–Crippen MR) is 122 cm³/mol. The third-order valence-electron chi connectivity index (χ3n) is 5.09. The van der Waals surface area contributed by atoms with Gasteiger partial charge in [-0.3, -0.25) is 4.79 Å². The summed E-state index contributed by atoms with van der Waals surface area (Å²) in [6.45, 7) is 8.01. The van der Waals surface area contributed by atoms with Gasteiger partial charge in [0.1, 0.15) is 11.6 Å². The van der Waals surface area contributed by atoms with Gasteiger partial charge < -0.3 is 14.6 Å². The minimum Gasteiger partial charge on any atom is -0.494 e. The summed E-state index contributed by atoms with van der Waals surface area (Å²) in [5.41, 5.74) is 4.15. The van der Waals surface area contributed by atoms with Crippen LogP contribution < -0.4 is 10.1 Å². The van der Waals surface area contributed by atoms with Crippen molar-refractivity contribution in [2.75, 3.05) is 13.2 Å². The number of rotatable bonds is 10. The second-order valence-electron chi connectivity index (χ2n) is 7.59. The topological polar surface area (TPSA) is 56.2 Å². The Morgan fingerprint density at radius 1 is 1.20 bits per heavy atom. The molecule has 0 spiro atoms. The van der Waals surface area contributed by atoms with Crippen molar-refractivity contribution in [1.29, 1.82) is 0 Å². The number of hydrogen-bond donors (Lipinski definition) is 1. The van der Waals surface area contributed by atoms with Gasteiger partial charge in [-0.15, -0.1) is 0 Å². The first-order valence-electron chi connectivity index (χ1n) is 10.6. The quantitative estimate of drug-likeness (QED) is 0.450. The number of imidazole rings is 1. The van der Waals surface area contributed by atoms with E-state index in [1.54, 1.807) is 0 Å². The molecule has 5 nitrogen and oxygen atoms in total. The average Bonchev–Trinajstić information content (AvgIpc) is 3.07. The van der Waals surface area contributed by atoms with E-state index in [-0.39, 0.29) is 5.91 Å². The predicted octanol–water partition coefficient (Wildman–Crippen LogP) is 5.23. The molecule has 0 saturated heterocycles. The maximum atomic E-state index is 11.7. The van der Waals surface area contributed by atoms with E-state index in [0.717, 1.165) is 58.1 Å². The number of nitrogens with one attached hydrogen (secondary N) is 1. The Kier molecular flexibility index (Phi) is 7.75. The number of benzene rings is 2. The van der Waals surface area contributed by atoms with Crippen molar-refractivity contribution in [3.8, 4) is 5.75 Å². The lowest BCUT2D eigenvalue weighted by atomic mass is 10.1. The summed E-state index contributed by atoms with van der Waals surface area (Å²) < 4.78 is 8.20. The van der Waals surface area contributed by atoms with Crippen molar-refractivity contribution in [1.82, 2.24) is 14.9 Å². The Labute approximate surface area is 183 Å². The second kappa shape index (κ2) is 10.5. The number of aromatic nitrogens is 2. The molecule has 3 rings (SSSR count). The van der Waals surface area contributed by atoms with Gasteiger partial charge in [0.25, 0.3) is 0 Å². The molecule has 1 N–H and O–H groups in total. The average molecular weight is 428 g/mol. The molecule has 0 fully saturated rings. The normalized spacial score (nSPS) is 11.1. The highest BCUT2D eigenvalue weighted by atomic mass is 35.5. The van der Waals surface area contributed by atoms with E-state index in [0.29, 0.717) is 26.0 Å². The summed E-state index contributed by atoms with van der Waals surface area (Å²) in [7, 11) is 0. The summed E-state index contributed by atoms with van der Waals surface area (Å²) in [6, 6.07) is 12.1. The van der Waals surface area contributed by atoms with Crippen LogP contribution in [0.5, 0.6) is 5.75 Å². The van der Waals surface area contributed by atoms with E-state index >= 15 is 0 Å². The number of carbonyl (C=O) groups excluding carboxylic acids is 1. The first kappa shape index (κ1) is 22.2. The number of nitrogens with zero attached hydrogens (tertiary/aromatic N) is 2. The molecule has 0 atom stereocenters. The van der Waals surface area contributed by atoms with Crippen LogP contribution >= 0.6 is 11.6 Å². The molecule has 0 aliphatic rings. The molecule has 0 aliphatic carbocycles. The molecule has 1 aromatic heterocycles. The van der Waals surface area contributed by atoms with Crippen LogP contribution in [0.15, 0.2) is 36.4 Å². The number of ether oxygens (including phenoxy) is 1. The summed E-state index contributed by atoms with van der Waals surface area (Å²) >= 11 is 6.24. The van der Waals surface area contributed by atoms with Crippen LogP contribution in [0.4, 0.5) is 0 Å². The molecule has 6 heteroatoms. The molecule has 0 radical (unpaired) electrons. The highest BCUT2D eigenvalue weighted by molar-refractivity contribution is 6.32. The van der Waals surface area contributed by atoms with Gasteiger partial charge in [0.15, 0.2) is 0 Å². The first-order valence-corrected chi connectivity index (χ1v) is 11.0. The number of halogens is 1. The molecular formula is C24H30ClN3O2. The molecule has 0 unspecified atom stereocenters. The van der Waals surface area contributed by atoms with Crippen LogP contribution in [0, 0.1) is 13.8 Å². The van der Waals surface area contributed by atoms with Crippen LogP contribution in [-0.4, -0.2) is 28.6 Å². The van der Waals surface area contributed by atoms with Crippen LogP contribution in [-0.2, 0) is 17.8 Å². The van der Waals surface area contributed by atoms with Crippen LogP contribution in [0.25, 0.3) is 11.0 Å². The van der Waals surface area contributed by atoms with Crippen molar-refractivity contribution in [3.63, 3.8) is 0 Å². The van der Waals surface area contributed by atoms with Gasteiger partial charge in [-0.2, -0.15) is 0 Å². The van der Waals surface area contributed by atoms with Gasteiger partial charge in [-0.05, 0) is 62.1 Å². The molecule has 3 aromatic rings. The maximum Gasteiger partial charge on any atom is 0.219 e. The first-order chi connectivity index (χ1) is 14.5. The fraction of sp³-hybridized carbons (Fsp3) is 0.417. The van der Waals surface area contributed by atoms with Crippen molar-refractivity contribution in [2.24, 2.45) is 0 Å². The monoisotopic (exact) mass is 427 g/mol. The lowest BCUT2D eigenvalue weighted by Crippen LogP contribution is -2.26. The Bertz CT molecular complexity index is 990. The number of carbonyl (C=O) groups is 1. The molecule has 1 amide bonds. The standard InChI is InChI=1S/C24H30ClN3O2/c1-4-8-23(29)26-12-11-22-27-20-9-5-6-10-21(20)28(22)13-7-14-30-19-15-17(2)24(25)18(3)16-19/h5-6,9-10,15-16H,4,7-8,11-14H2,1-3H3,(H,26,29). The maximum absolute atomic E-state index is 11.7. The van der Waals surface area contributed by atoms with E-state index in [1.165, 1.54) is 0 Å². The third-order valence-corrected chi connectivity index (χ3v) is 5.68. The molecule has 2 aromatic carbocycles. The Balaban J connectivity index is 1.62. The summed E-state index contributed by atoms with van der Waals surface area (Å²) in [5.74, 6) is 1.94. The van der Waals surface area contributed by atoms with E-state index in [2.05, 4.69) is 16.0 Å². The van der Waals surface area contributed by atoms with Crippen molar-refractivity contribution in [2.45, 2.75) is 53.0 Å². The SMILES string of the molecule is CCCC(=O)NCCc1nc2ccccc2n1CCCOc1cc(C)c(Cl)c(C)c1. The smallest absolute Gasteiger partial charge is 0.219 e. The Morgan fingerprint density at radius 3 is 2.67 bits per heavy atom. The number of fused-ring (bicyclic) bond motifs is 1.